The van der Waals surface area contributed by atoms with Crippen molar-refractivity contribution in [3.8, 4) is 0 Å². The maximum Gasteiger partial charge on any atom is 0.314 e. The summed E-state index contributed by atoms with van der Waals surface area (Å²) in [7, 11) is 4.12. The molecular weight excluding hydrogens is 274 g/mol. The molecule has 0 aliphatic heterocycles. The lowest BCUT2D eigenvalue weighted by Gasteiger charge is -2.48. The first-order valence-electron chi connectivity index (χ1n) is 8.42. The molecule has 3 atom stereocenters. The van der Waals surface area contributed by atoms with Crippen LogP contribution in [0, 0.1) is 5.41 Å². The van der Waals surface area contributed by atoms with Gasteiger partial charge in [-0.25, -0.2) is 0 Å². The van der Waals surface area contributed by atoms with E-state index in [9.17, 15) is 4.79 Å². The average molecular weight is 303 g/mol. The first-order chi connectivity index (χ1) is 10.5. The molecule has 1 saturated carbocycles. The van der Waals surface area contributed by atoms with Gasteiger partial charge in [0.15, 0.2) is 0 Å². The molecule has 0 amide bonds. The second kappa shape index (κ2) is 7.28. The average Bonchev–Trinajstić information content (AvgIpc) is 2.55. The number of benzene rings is 1. The van der Waals surface area contributed by atoms with Gasteiger partial charge in [-0.15, -0.1) is 0 Å². The molecule has 1 aliphatic carbocycles. The van der Waals surface area contributed by atoms with Gasteiger partial charge in [-0.3, -0.25) is 4.79 Å². The van der Waals surface area contributed by atoms with Gasteiger partial charge >= 0.3 is 5.97 Å². The van der Waals surface area contributed by atoms with Gasteiger partial charge in [0.2, 0.25) is 0 Å². The van der Waals surface area contributed by atoms with Crippen LogP contribution in [0.15, 0.2) is 30.3 Å². The van der Waals surface area contributed by atoms with Crippen LogP contribution in [-0.4, -0.2) is 37.6 Å². The van der Waals surface area contributed by atoms with E-state index in [1.165, 1.54) is 12.0 Å². The zero-order valence-electron chi connectivity index (χ0n) is 14.3. The van der Waals surface area contributed by atoms with Gasteiger partial charge in [0.05, 0.1) is 12.0 Å². The van der Waals surface area contributed by atoms with E-state index in [0.29, 0.717) is 6.61 Å². The van der Waals surface area contributed by atoms with Crippen molar-refractivity contribution in [2.75, 3.05) is 20.7 Å². The Morgan fingerprint density at radius 2 is 2.00 bits per heavy atom. The minimum absolute atomic E-state index is 0.0234. The van der Waals surface area contributed by atoms with Crippen LogP contribution in [0.25, 0.3) is 0 Å². The summed E-state index contributed by atoms with van der Waals surface area (Å²) in [4.78, 5) is 15.2. The Balaban J connectivity index is 2.49. The molecule has 0 spiro atoms. The molecule has 0 saturated heterocycles. The normalized spacial score (nSPS) is 26.7. The first-order valence-corrected chi connectivity index (χ1v) is 8.42. The fourth-order valence-corrected chi connectivity index (χ4v) is 3.99. The quantitative estimate of drug-likeness (QED) is 0.774. The number of ether oxygens (including phenoxy) is 1. The summed E-state index contributed by atoms with van der Waals surface area (Å²) in [6.07, 6.45) is 4.24. The highest BCUT2D eigenvalue weighted by atomic mass is 16.5. The lowest BCUT2D eigenvalue weighted by atomic mass is 9.60. The van der Waals surface area contributed by atoms with E-state index in [2.05, 4.69) is 50.2 Å². The molecule has 0 heterocycles. The zero-order chi connectivity index (χ0) is 16.2. The van der Waals surface area contributed by atoms with Gasteiger partial charge in [-0.05, 0) is 46.3 Å². The van der Waals surface area contributed by atoms with Crippen LogP contribution < -0.4 is 0 Å². The van der Waals surface area contributed by atoms with E-state index < -0.39 is 5.41 Å². The van der Waals surface area contributed by atoms with Crippen molar-refractivity contribution < 1.29 is 9.53 Å². The topological polar surface area (TPSA) is 29.5 Å². The minimum atomic E-state index is -0.445. The van der Waals surface area contributed by atoms with Crippen molar-refractivity contribution in [3.05, 3.63) is 35.9 Å². The molecule has 3 unspecified atom stereocenters. The number of rotatable bonds is 5. The highest BCUT2D eigenvalue weighted by Gasteiger charge is 2.53. The van der Waals surface area contributed by atoms with Crippen LogP contribution in [0.4, 0.5) is 0 Å². The minimum Gasteiger partial charge on any atom is -0.466 e. The fraction of sp³-hybridized carbons (Fsp3) is 0.632. The highest BCUT2D eigenvalue weighted by molar-refractivity contribution is 5.79. The molecule has 1 aromatic rings. The summed E-state index contributed by atoms with van der Waals surface area (Å²) in [5, 5.41) is 0. The Labute approximate surface area is 134 Å². The van der Waals surface area contributed by atoms with Gasteiger partial charge in [-0.1, -0.05) is 43.2 Å². The predicted octanol–water partition coefficient (Wildman–Crippen LogP) is 3.84. The number of esters is 1. The Kier molecular flexibility index (Phi) is 5.63. The Morgan fingerprint density at radius 3 is 2.59 bits per heavy atom. The Hall–Kier alpha value is -1.35. The van der Waals surface area contributed by atoms with Crippen molar-refractivity contribution in [1.82, 2.24) is 4.90 Å². The molecule has 1 aliphatic rings. The maximum atomic E-state index is 13.0. The lowest BCUT2D eigenvalue weighted by Crippen LogP contribution is -2.53. The number of nitrogens with zero attached hydrogens (tertiary/aromatic N) is 1. The SMILES string of the molecule is CCOC(=O)C1(C(C)N(C)C)CCCCC1c1ccccc1. The molecule has 0 radical (unpaired) electrons. The lowest BCUT2D eigenvalue weighted by molar-refractivity contribution is -0.164. The number of hydrogen-bond donors (Lipinski definition) is 0. The zero-order valence-corrected chi connectivity index (χ0v) is 14.3. The van der Waals surface area contributed by atoms with Gasteiger partial charge in [-0.2, -0.15) is 0 Å². The van der Waals surface area contributed by atoms with Crippen LogP contribution >= 0.6 is 0 Å². The van der Waals surface area contributed by atoms with Gasteiger partial charge < -0.3 is 9.64 Å². The second-order valence-corrected chi connectivity index (χ2v) is 6.61. The molecule has 1 fully saturated rings. The molecule has 0 N–H and O–H groups in total. The molecular formula is C19H29NO2. The highest BCUT2D eigenvalue weighted by Crippen LogP contribution is 2.51. The summed E-state index contributed by atoms with van der Waals surface area (Å²) < 4.78 is 5.54. The third-order valence-corrected chi connectivity index (χ3v) is 5.33. The predicted molar refractivity (Wildman–Crippen MR) is 89.9 cm³/mol. The number of carbonyl (C=O) groups excluding carboxylic acids is 1. The van der Waals surface area contributed by atoms with E-state index >= 15 is 0 Å². The molecule has 1 aromatic carbocycles. The molecule has 0 bridgehead atoms. The smallest absolute Gasteiger partial charge is 0.314 e. The molecule has 122 valence electrons. The van der Waals surface area contributed by atoms with Crippen molar-refractivity contribution in [2.45, 2.75) is 51.5 Å². The standard InChI is InChI=1S/C19H29NO2/c1-5-22-18(21)19(15(2)20(3)4)14-10-9-13-17(19)16-11-7-6-8-12-16/h6-8,11-12,15,17H,5,9-10,13-14H2,1-4H3. The first kappa shape index (κ1) is 17.0. The molecule has 3 nitrogen and oxygen atoms in total. The number of hydrogen-bond acceptors (Lipinski definition) is 3. The van der Waals surface area contributed by atoms with E-state index in [4.69, 9.17) is 4.74 Å². The van der Waals surface area contributed by atoms with Crippen molar-refractivity contribution in [1.29, 1.82) is 0 Å². The van der Waals surface area contributed by atoms with Crippen LogP contribution in [-0.2, 0) is 9.53 Å². The maximum absolute atomic E-state index is 13.0. The van der Waals surface area contributed by atoms with Crippen molar-refractivity contribution >= 4 is 5.97 Å². The summed E-state index contributed by atoms with van der Waals surface area (Å²) >= 11 is 0. The fourth-order valence-electron chi connectivity index (χ4n) is 3.99. The van der Waals surface area contributed by atoms with E-state index in [-0.39, 0.29) is 17.9 Å². The van der Waals surface area contributed by atoms with Crippen molar-refractivity contribution in [3.63, 3.8) is 0 Å². The van der Waals surface area contributed by atoms with Gasteiger partial charge in [0.1, 0.15) is 0 Å². The molecule has 2 rings (SSSR count). The second-order valence-electron chi connectivity index (χ2n) is 6.61. The van der Waals surface area contributed by atoms with Crippen LogP contribution in [0.3, 0.4) is 0 Å². The van der Waals surface area contributed by atoms with Gasteiger partial charge in [0, 0.05) is 12.0 Å². The third-order valence-electron chi connectivity index (χ3n) is 5.33. The summed E-state index contributed by atoms with van der Waals surface area (Å²) in [6.45, 7) is 4.51. The van der Waals surface area contributed by atoms with Crippen LogP contribution in [0.5, 0.6) is 0 Å². The van der Waals surface area contributed by atoms with E-state index in [1.807, 2.05) is 13.0 Å². The van der Waals surface area contributed by atoms with Crippen molar-refractivity contribution in [2.24, 2.45) is 5.41 Å². The number of carbonyl (C=O) groups is 1. The molecule has 22 heavy (non-hydrogen) atoms. The van der Waals surface area contributed by atoms with E-state index in [1.54, 1.807) is 0 Å². The van der Waals surface area contributed by atoms with Crippen LogP contribution in [0.1, 0.15) is 51.0 Å². The third kappa shape index (κ3) is 3.05. The van der Waals surface area contributed by atoms with Gasteiger partial charge in [0.25, 0.3) is 0 Å². The Morgan fingerprint density at radius 1 is 1.32 bits per heavy atom. The van der Waals surface area contributed by atoms with Crippen LogP contribution in [0.2, 0.25) is 0 Å². The summed E-state index contributed by atoms with van der Waals surface area (Å²) in [5.41, 5.74) is 0.822. The summed E-state index contributed by atoms with van der Waals surface area (Å²) in [6, 6.07) is 10.6. The monoisotopic (exact) mass is 303 g/mol. The largest absolute Gasteiger partial charge is 0.466 e. The Bertz CT molecular complexity index is 485. The summed E-state index contributed by atoms with van der Waals surface area (Å²) in [5.74, 6) is 0.212. The molecule has 0 aromatic heterocycles. The van der Waals surface area contributed by atoms with E-state index in [0.717, 1.165) is 19.3 Å². The molecule has 3 heteroatoms.